The maximum Gasteiger partial charge on any atom is 0.337 e. The van der Waals surface area contributed by atoms with Crippen molar-refractivity contribution in [3.8, 4) is 17.0 Å². The number of carboxylic acid groups (broad SMARTS) is 1. The summed E-state index contributed by atoms with van der Waals surface area (Å²) < 4.78 is 12.2. The molecule has 2 aliphatic rings. The molecule has 7 heteroatoms. The standard InChI is InChI=1S/C32H47N3O4/c1-22-27(29(30(36)37)39-31(2,3)4)28(35-17-15-32(5,6)16-18-35)25(21-33-22)26-13-12-24(20-34-26)38-19-14-23-10-8-7-9-11-23/h12-13,20-21,23,29H,7-11,14-19H2,1-6H3,(H,36,37)/t29-/m0/s1. The molecule has 4 rings (SSSR count). The van der Waals surface area contributed by atoms with Gasteiger partial charge in [0.15, 0.2) is 6.10 Å². The van der Waals surface area contributed by atoms with Gasteiger partial charge < -0.3 is 19.5 Å². The fourth-order valence-corrected chi connectivity index (χ4v) is 5.82. The van der Waals surface area contributed by atoms with Gasteiger partial charge in [0.05, 0.1) is 29.8 Å². The average molecular weight is 538 g/mol. The molecule has 2 fully saturated rings. The summed E-state index contributed by atoms with van der Waals surface area (Å²) in [6.45, 7) is 14.5. The quantitative estimate of drug-likeness (QED) is 0.357. The van der Waals surface area contributed by atoms with Crippen LogP contribution in [0.25, 0.3) is 11.3 Å². The van der Waals surface area contributed by atoms with Crippen LogP contribution in [-0.4, -0.2) is 46.3 Å². The zero-order valence-electron chi connectivity index (χ0n) is 24.8. The van der Waals surface area contributed by atoms with Crippen molar-refractivity contribution in [1.82, 2.24) is 9.97 Å². The molecule has 1 saturated carbocycles. The van der Waals surface area contributed by atoms with Crippen molar-refractivity contribution in [2.45, 2.75) is 105 Å². The molecule has 1 aliphatic carbocycles. The maximum absolute atomic E-state index is 12.6. The number of hydrogen-bond donors (Lipinski definition) is 1. The molecule has 1 saturated heterocycles. The van der Waals surface area contributed by atoms with Crippen molar-refractivity contribution in [3.05, 3.63) is 35.8 Å². The van der Waals surface area contributed by atoms with E-state index in [0.29, 0.717) is 17.9 Å². The highest BCUT2D eigenvalue weighted by Crippen LogP contribution is 2.43. The number of nitrogens with zero attached hydrogens (tertiary/aromatic N) is 3. The first-order valence-corrected chi connectivity index (χ1v) is 14.7. The van der Waals surface area contributed by atoms with Crippen LogP contribution in [0.15, 0.2) is 24.5 Å². The first-order chi connectivity index (χ1) is 18.4. The summed E-state index contributed by atoms with van der Waals surface area (Å²) in [6.07, 6.45) is 12.3. The molecular weight excluding hydrogens is 490 g/mol. The lowest BCUT2D eigenvalue weighted by molar-refractivity contribution is -0.160. The molecule has 0 amide bonds. The second kappa shape index (κ2) is 12.2. The number of piperidine rings is 1. The highest BCUT2D eigenvalue weighted by Gasteiger charge is 2.36. The van der Waals surface area contributed by atoms with E-state index in [4.69, 9.17) is 14.5 Å². The second-order valence-corrected chi connectivity index (χ2v) is 13.1. The van der Waals surface area contributed by atoms with E-state index < -0.39 is 17.7 Å². The topological polar surface area (TPSA) is 84.8 Å². The van der Waals surface area contributed by atoms with Crippen molar-refractivity contribution in [2.24, 2.45) is 11.3 Å². The Bertz CT molecular complexity index is 1110. The van der Waals surface area contributed by atoms with Crippen LogP contribution in [-0.2, 0) is 9.53 Å². The summed E-state index contributed by atoms with van der Waals surface area (Å²) in [7, 11) is 0. The smallest absolute Gasteiger partial charge is 0.337 e. The molecule has 1 atom stereocenters. The fourth-order valence-electron chi connectivity index (χ4n) is 5.82. The summed E-state index contributed by atoms with van der Waals surface area (Å²) in [6, 6.07) is 3.93. The van der Waals surface area contributed by atoms with Crippen LogP contribution in [0.3, 0.4) is 0 Å². The molecule has 0 radical (unpaired) electrons. The van der Waals surface area contributed by atoms with Gasteiger partial charge >= 0.3 is 5.97 Å². The van der Waals surface area contributed by atoms with E-state index in [1.54, 1.807) is 6.20 Å². The highest BCUT2D eigenvalue weighted by atomic mass is 16.5. The van der Waals surface area contributed by atoms with Crippen molar-refractivity contribution >= 4 is 11.7 Å². The first-order valence-electron chi connectivity index (χ1n) is 14.7. The lowest BCUT2D eigenvalue weighted by Gasteiger charge is -2.40. The zero-order chi connectivity index (χ0) is 28.2. The summed E-state index contributed by atoms with van der Waals surface area (Å²) in [5.41, 5.74) is 3.34. The summed E-state index contributed by atoms with van der Waals surface area (Å²) >= 11 is 0. The van der Waals surface area contributed by atoms with E-state index in [-0.39, 0.29) is 5.41 Å². The lowest BCUT2D eigenvalue weighted by Crippen LogP contribution is -2.39. The lowest BCUT2D eigenvalue weighted by atomic mass is 9.82. The number of aryl methyl sites for hydroxylation is 1. The largest absolute Gasteiger partial charge is 0.492 e. The molecule has 2 aromatic rings. The van der Waals surface area contributed by atoms with Crippen LogP contribution in [0.5, 0.6) is 5.75 Å². The Morgan fingerprint density at radius 1 is 1.10 bits per heavy atom. The molecule has 39 heavy (non-hydrogen) atoms. The maximum atomic E-state index is 12.6. The Kier molecular flexibility index (Phi) is 9.20. The van der Waals surface area contributed by atoms with Crippen LogP contribution >= 0.6 is 0 Å². The highest BCUT2D eigenvalue weighted by molar-refractivity contribution is 5.85. The minimum Gasteiger partial charge on any atom is -0.492 e. The molecule has 0 aromatic carbocycles. The molecule has 1 N–H and O–H groups in total. The molecule has 2 aromatic heterocycles. The van der Waals surface area contributed by atoms with E-state index in [9.17, 15) is 9.90 Å². The molecule has 3 heterocycles. The predicted molar refractivity (Wildman–Crippen MR) is 155 cm³/mol. The third-order valence-corrected chi connectivity index (χ3v) is 8.21. The third-order valence-electron chi connectivity index (χ3n) is 8.21. The SMILES string of the molecule is Cc1ncc(-c2ccc(OCCC3CCCCC3)cn2)c(N2CCC(C)(C)CC2)c1[C@H](OC(C)(C)C)C(=O)O. The number of ether oxygens (including phenoxy) is 2. The monoisotopic (exact) mass is 537 g/mol. The average Bonchev–Trinajstić information content (AvgIpc) is 2.88. The van der Waals surface area contributed by atoms with Crippen LogP contribution in [0.2, 0.25) is 0 Å². The first kappa shape index (κ1) is 29.3. The summed E-state index contributed by atoms with van der Waals surface area (Å²) in [5.74, 6) is 0.522. The molecule has 0 spiro atoms. The predicted octanol–water partition coefficient (Wildman–Crippen LogP) is 7.37. The van der Waals surface area contributed by atoms with E-state index >= 15 is 0 Å². The number of rotatable bonds is 9. The van der Waals surface area contributed by atoms with Gasteiger partial charge in [0.2, 0.25) is 0 Å². The zero-order valence-corrected chi connectivity index (χ0v) is 24.8. The Labute approximate surface area is 234 Å². The molecule has 7 nitrogen and oxygen atoms in total. The van der Waals surface area contributed by atoms with Gasteiger partial charge in [0.1, 0.15) is 5.75 Å². The van der Waals surface area contributed by atoms with Crippen molar-refractivity contribution in [2.75, 3.05) is 24.6 Å². The Morgan fingerprint density at radius 2 is 1.79 bits per heavy atom. The fraction of sp³-hybridized carbons (Fsp3) is 0.656. The number of aromatic nitrogens is 2. The number of carbonyl (C=O) groups is 1. The number of anilines is 1. The molecule has 0 unspecified atom stereocenters. The Morgan fingerprint density at radius 3 is 2.38 bits per heavy atom. The second-order valence-electron chi connectivity index (χ2n) is 13.1. The minimum atomic E-state index is -1.13. The normalized spacial score (nSPS) is 19.1. The number of hydrogen-bond acceptors (Lipinski definition) is 6. The number of carboxylic acids is 1. The van der Waals surface area contributed by atoms with Gasteiger partial charge in [0.25, 0.3) is 0 Å². The summed E-state index contributed by atoms with van der Waals surface area (Å²) in [5, 5.41) is 10.3. The Balaban J connectivity index is 1.66. The number of pyridine rings is 2. The van der Waals surface area contributed by atoms with Gasteiger partial charge in [0, 0.05) is 36.1 Å². The van der Waals surface area contributed by atoms with Gasteiger partial charge in [-0.15, -0.1) is 0 Å². The van der Waals surface area contributed by atoms with Gasteiger partial charge in [-0.1, -0.05) is 46.0 Å². The molecule has 1 aliphatic heterocycles. The molecule has 0 bridgehead atoms. The van der Waals surface area contributed by atoms with Gasteiger partial charge in [-0.25, -0.2) is 4.79 Å². The van der Waals surface area contributed by atoms with E-state index in [0.717, 1.165) is 61.0 Å². The van der Waals surface area contributed by atoms with Gasteiger partial charge in [-0.05, 0) is 70.4 Å². The van der Waals surface area contributed by atoms with Crippen LogP contribution in [0, 0.1) is 18.3 Å². The van der Waals surface area contributed by atoms with Crippen LogP contribution in [0.4, 0.5) is 5.69 Å². The van der Waals surface area contributed by atoms with Crippen molar-refractivity contribution in [1.29, 1.82) is 0 Å². The van der Waals surface area contributed by atoms with Gasteiger partial charge in [-0.3, -0.25) is 9.97 Å². The third kappa shape index (κ3) is 7.71. The Hall–Kier alpha value is -2.67. The molecule has 214 valence electrons. The molecular formula is C32H47N3O4. The summed E-state index contributed by atoms with van der Waals surface area (Å²) in [4.78, 5) is 24.3. The van der Waals surface area contributed by atoms with Crippen LogP contribution < -0.4 is 9.64 Å². The van der Waals surface area contributed by atoms with E-state index in [1.165, 1.54) is 32.1 Å². The van der Waals surface area contributed by atoms with Crippen LogP contribution in [0.1, 0.15) is 103 Å². The van der Waals surface area contributed by atoms with E-state index in [1.807, 2.05) is 46.0 Å². The van der Waals surface area contributed by atoms with E-state index in [2.05, 4.69) is 23.7 Å². The van der Waals surface area contributed by atoms with Crippen molar-refractivity contribution < 1.29 is 19.4 Å². The van der Waals surface area contributed by atoms with Gasteiger partial charge in [-0.2, -0.15) is 0 Å². The number of aliphatic carboxylic acids is 1. The van der Waals surface area contributed by atoms with Crippen molar-refractivity contribution in [3.63, 3.8) is 0 Å². The minimum absolute atomic E-state index is 0.252.